The quantitative estimate of drug-likeness (QED) is 0.363. The summed E-state index contributed by atoms with van der Waals surface area (Å²) in [5.41, 5.74) is 1.85. The minimum Gasteiger partial charge on any atom is -0.490 e. The van der Waals surface area contributed by atoms with Gasteiger partial charge in [-0.2, -0.15) is 0 Å². The molecule has 3 amide bonds. The van der Waals surface area contributed by atoms with E-state index in [1.807, 2.05) is 38.1 Å². The summed E-state index contributed by atoms with van der Waals surface area (Å²) in [4.78, 5) is 43.7. The molecular weight excluding hydrogens is 570 g/mol. The van der Waals surface area contributed by atoms with Gasteiger partial charge in [-0.05, 0) is 75.6 Å². The molecule has 3 aromatic rings. The highest BCUT2D eigenvalue weighted by atomic mass is 16.5. The third kappa shape index (κ3) is 9.15. The van der Waals surface area contributed by atoms with E-state index in [0.29, 0.717) is 41.3 Å². The Hall–Kier alpha value is -4.21. The van der Waals surface area contributed by atoms with Crippen LogP contribution in [0.5, 0.6) is 5.75 Å². The number of ether oxygens (including phenoxy) is 2. The predicted molar refractivity (Wildman–Crippen MR) is 175 cm³/mol. The summed E-state index contributed by atoms with van der Waals surface area (Å²) >= 11 is 0. The summed E-state index contributed by atoms with van der Waals surface area (Å²) in [6.45, 7) is 6.64. The monoisotopic (exact) mass is 615 g/mol. The number of anilines is 1. The van der Waals surface area contributed by atoms with Crippen molar-refractivity contribution in [2.45, 2.75) is 58.3 Å². The Morgan fingerprint density at radius 1 is 1.00 bits per heavy atom. The lowest BCUT2D eigenvalue weighted by molar-refractivity contribution is -0.0149. The van der Waals surface area contributed by atoms with Gasteiger partial charge in [-0.25, -0.2) is 0 Å². The first-order valence-corrected chi connectivity index (χ1v) is 15.7. The number of aliphatic hydroxyl groups excluding tert-OH is 1. The van der Waals surface area contributed by atoms with Gasteiger partial charge in [0.25, 0.3) is 17.7 Å². The molecule has 0 saturated heterocycles. The van der Waals surface area contributed by atoms with E-state index >= 15 is 0 Å². The minimum atomic E-state index is -0.509. The minimum absolute atomic E-state index is 0.104. The Bertz CT molecular complexity index is 1420. The largest absolute Gasteiger partial charge is 0.490 e. The van der Waals surface area contributed by atoms with Crippen molar-refractivity contribution in [3.8, 4) is 5.75 Å². The second kappa shape index (κ2) is 16.2. The Morgan fingerprint density at radius 2 is 1.67 bits per heavy atom. The summed E-state index contributed by atoms with van der Waals surface area (Å²) in [7, 11) is 1.76. The zero-order chi connectivity index (χ0) is 32.3. The van der Waals surface area contributed by atoms with Gasteiger partial charge in [0.15, 0.2) is 0 Å². The van der Waals surface area contributed by atoms with E-state index in [-0.39, 0.29) is 49.0 Å². The number of nitrogens with zero attached hydrogens (tertiary/aromatic N) is 2. The van der Waals surface area contributed by atoms with E-state index < -0.39 is 6.04 Å². The zero-order valence-electron chi connectivity index (χ0n) is 26.6. The van der Waals surface area contributed by atoms with E-state index in [1.165, 1.54) is 0 Å². The fraction of sp³-hybridized carbons (Fsp3) is 0.417. The molecule has 45 heavy (non-hydrogen) atoms. The van der Waals surface area contributed by atoms with Crippen LogP contribution < -0.4 is 10.1 Å². The number of rotatable bonds is 7. The Kier molecular flexibility index (Phi) is 12.1. The number of fused-ring (bicyclic) bond motifs is 1. The van der Waals surface area contributed by atoms with Crippen molar-refractivity contribution in [3.05, 3.63) is 95.6 Å². The van der Waals surface area contributed by atoms with Crippen LogP contribution in [0.15, 0.2) is 78.9 Å². The number of benzene rings is 3. The molecule has 4 rings (SSSR count). The number of hydrogen-bond acceptors (Lipinski definition) is 6. The Morgan fingerprint density at radius 3 is 2.33 bits per heavy atom. The van der Waals surface area contributed by atoms with Gasteiger partial charge in [-0.1, -0.05) is 43.3 Å². The third-order valence-corrected chi connectivity index (χ3v) is 8.17. The lowest BCUT2D eigenvalue weighted by Gasteiger charge is -2.36. The molecule has 9 heteroatoms. The smallest absolute Gasteiger partial charge is 0.258 e. The van der Waals surface area contributed by atoms with Gasteiger partial charge in [-0.15, -0.1) is 0 Å². The molecule has 0 saturated carbocycles. The summed E-state index contributed by atoms with van der Waals surface area (Å²) in [5.74, 6) is -0.479. The molecular formula is C36H45N3O6. The van der Waals surface area contributed by atoms with Crippen molar-refractivity contribution in [2.75, 3.05) is 38.7 Å². The maximum absolute atomic E-state index is 14.3. The SMILES string of the molecule is C[C@@H]1CN([C@@H](C)CO)C(=O)c2cc(NC(=O)c3ccccc3)ccc2O[C@@H](C)CCCCO[C@@H]1CN(C)C(=O)c1ccccc1. The number of nitrogens with one attached hydrogen (secondary N) is 1. The van der Waals surface area contributed by atoms with E-state index in [2.05, 4.69) is 5.32 Å². The molecule has 0 unspecified atom stereocenters. The third-order valence-electron chi connectivity index (χ3n) is 8.17. The first-order chi connectivity index (χ1) is 21.7. The molecule has 0 bridgehead atoms. The second-order valence-corrected chi connectivity index (χ2v) is 11.9. The van der Waals surface area contributed by atoms with Crippen molar-refractivity contribution in [1.29, 1.82) is 0 Å². The Balaban J connectivity index is 1.63. The van der Waals surface area contributed by atoms with Crippen LogP contribution in [0.4, 0.5) is 5.69 Å². The summed E-state index contributed by atoms with van der Waals surface area (Å²) in [5, 5.41) is 13.1. The molecule has 2 N–H and O–H groups in total. The zero-order valence-corrected chi connectivity index (χ0v) is 26.6. The van der Waals surface area contributed by atoms with Crippen LogP contribution in [-0.2, 0) is 4.74 Å². The van der Waals surface area contributed by atoms with Gasteiger partial charge >= 0.3 is 0 Å². The van der Waals surface area contributed by atoms with Crippen LogP contribution in [-0.4, -0.2) is 84.2 Å². The molecule has 1 heterocycles. The maximum atomic E-state index is 14.3. The van der Waals surface area contributed by atoms with Crippen molar-refractivity contribution < 1.29 is 29.0 Å². The lowest BCUT2D eigenvalue weighted by Crippen LogP contribution is -2.48. The normalized spacial score (nSPS) is 20.2. The molecule has 1 aliphatic rings. The van der Waals surface area contributed by atoms with E-state index in [0.717, 1.165) is 19.3 Å². The molecule has 1 aliphatic heterocycles. The van der Waals surface area contributed by atoms with Gasteiger partial charge in [-0.3, -0.25) is 14.4 Å². The molecule has 0 aliphatic carbocycles. The maximum Gasteiger partial charge on any atom is 0.258 e. The number of hydrogen-bond donors (Lipinski definition) is 2. The summed E-state index contributed by atoms with van der Waals surface area (Å²) < 4.78 is 12.7. The van der Waals surface area contributed by atoms with E-state index in [9.17, 15) is 19.5 Å². The van der Waals surface area contributed by atoms with Crippen molar-refractivity contribution >= 4 is 23.4 Å². The van der Waals surface area contributed by atoms with Crippen LogP contribution in [0, 0.1) is 5.92 Å². The molecule has 0 fully saturated rings. The first kappa shape index (κ1) is 33.7. The molecule has 3 aromatic carbocycles. The highest BCUT2D eigenvalue weighted by molar-refractivity contribution is 6.05. The summed E-state index contributed by atoms with van der Waals surface area (Å²) in [6, 6.07) is 22.6. The Labute approximate surface area is 266 Å². The number of likely N-dealkylation sites (N-methyl/N-ethyl adjacent to an activating group) is 1. The molecule has 9 nitrogen and oxygen atoms in total. The average molecular weight is 616 g/mol. The standard InChI is InChI=1S/C36H45N3O6/c1-25-22-39(26(2)24-40)36(43)31-21-30(37-34(41)28-14-7-5-8-15-28)18-19-32(31)45-27(3)13-11-12-20-44-33(25)23-38(4)35(42)29-16-9-6-10-17-29/h5-10,14-19,21,25-27,33,40H,11-13,20,22-24H2,1-4H3,(H,37,41)/t25-,26+,27+,33-/m1/s1. The predicted octanol–water partition coefficient (Wildman–Crippen LogP) is 5.51. The topological polar surface area (TPSA) is 108 Å². The van der Waals surface area contributed by atoms with Gasteiger partial charge in [0.1, 0.15) is 5.75 Å². The summed E-state index contributed by atoms with van der Waals surface area (Å²) in [6.07, 6.45) is 1.92. The average Bonchev–Trinajstić information content (AvgIpc) is 3.06. The first-order valence-electron chi connectivity index (χ1n) is 15.7. The molecule has 4 atom stereocenters. The van der Waals surface area contributed by atoms with Crippen LogP contribution in [0.3, 0.4) is 0 Å². The van der Waals surface area contributed by atoms with Gasteiger partial charge < -0.3 is 29.7 Å². The highest BCUT2D eigenvalue weighted by Gasteiger charge is 2.31. The fourth-order valence-electron chi connectivity index (χ4n) is 5.41. The fourth-order valence-corrected chi connectivity index (χ4v) is 5.41. The van der Waals surface area contributed by atoms with E-state index in [4.69, 9.17) is 9.47 Å². The molecule has 0 radical (unpaired) electrons. The molecule has 0 aromatic heterocycles. The molecule has 240 valence electrons. The van der Waals surface area contributed by atoms with Crippen LogP contribution >= 0.6 is 0 Å². The van der Waals surface area contributed by atoms with Crippen LogP contribution in [0.2, 0.25) is 0 Å². The number of amides is 3. The second-order valence-electron chi connectivity index (χ2n) is 11.9. The van der Waals surface area contributed by atoms with Gasteiger partial charge in [0, 0.05) is 49.5 Å². The van der Waals surface area contributed by atoms with Crippen molar-refractivity contribution in [1.82, 2.24) is 9.80 Å². The number of aliphatic hydroxyl groups is 1. The van der Waals surface area contributed by atoms with Crippen molar-refractivity contribution in [3.63, 3.8) is 0 Å². The van der Waals surface area contributed by atoms with Crippen molar-refractivity contribution in [2.24, 2.45) is 5.92 Å². The van der Waals surface area contributed by atoms with Gasteiger partial charge in [0.05, 0.1) is 30.4 Å². The lowest BCUT2D eigenvalue weighted by atomic mass is 10.0. The van der Waals surface area contributed by atoms with Crippen LogP contribution in [0.25, 0.3) is 0 Å². The van der Waals surface area contributed by atoms with Crippen LogP contribution in [0.1, 0.15) is 71.1 Å². The van der Waals surface area contributed by atoms with Gasteiger partial charge in [0.2, 0.25) is 0 Å². The number of carbonyl (C=O) groups excluding carboxylic acids is 3. The highest BCUT2D eigenvalue weighted by Crippen LogP contribution is 2.29. The number of carbonyl (C=O) groups is 3. The molecule has 0 spiro atoms. The van der Waals surface area contributed by atoms with E-state index in [1.54, 1.807) is 78.4 Å².